The van der Waals surface area contributed by atoms with Crippen LogP contribution in [0.2, 0.25) is 0 Å². The first kappa shape index (κ1) is 7.18. The molecule has 0 saturated heterocycles. The van der Waals surface area contributed by atoms with E-state index in [1.54, 1.807) is 5.01 Å². The van der Waals surface area contributed by atoms with Crippen molar-refractivity contribution in [2.24, 2.45) is 16.3 Å². The Bertz CT molecular complexity index is 164. The molecule has 0 aromatic rings. The highest BCUT2D eigenvalue weighted by Gasteiger charge is 2.15. The zero-order valence-electron chi connectivity index (χ0n) is 6.24. The third-order valence-electron chi connectivity index (χ3n) is 1.18. The Hall–Kier alpha value is -0.930. The molecule has 0 unspecified atom stereocenters. The van der Waals surface area contributed by atoms with Gasteiger partial charge >= 0.3 is 0 Å². The van der Waals surface area contributed by atoms with Crippen LogP contribution in [0.5, 0.6) is 0 Å². The molecule has 1 aliphatic heterocycles. The second-order valence-corrected chi connectivity index (χ2v) is 2.82. The molecule has 0 saturated carbocycles. The molecule has 10 heavy (non-hydrogen) atoms. The van der Waals surface area contributed by atoms with Crippen LogP contribution >= 0.6 is 0 Å². The van der Waals surface area contributed by atoms with Crippen molar-refractivity contribution in [2.75, 3.05) is 13.1 Å². The first-order chi connectivity index (χ1) is 4.68. The smallest absolute Gasteiger partial charge is 0.269 e. The summed E-state index contributed by atoms with van der Waals surface area (Å²) in [5, 5.41) is 8.74. The van der Waals surface area contributed by atoms with E-state index in [0.717, 1.165) is 6.54 Å². The van der Waals surface area contributed by atoms with Crippen LogP contribution in [-0.2, 0) is 4.79 Å². The Morgan fingerprint density at radius 1 is 1.70 bits per heavy atom. The lowest BCUT2D eigenvalue weighted by molar-refractivity contribution is -0.117. The molecule has 1 rings (SSSR count). The Morgan fingerprint density at radius 2 is 2.40 bits per heavy atom. The van der Waals surface area contributed by atoms with Crippen LogP contribution in [0.1, 0.15) is 13.8 Å². The second-order valence-electron chi connectivity index (χ2n) is 2.82. The Kier molecular flexibility index (Phi) is 1.99. The molecular weight excluding hydrogens is 130 g/mol. The van der Waals surface area contributed by atoms with Crippen molar-refractivity contribution < 1.29 is 4.79 Å². The maximum atomic E-state index is 10.5. The molecule has 1 aliphatic rings. The number of amides is 1. The summed E-state index contributed by atoms with van der Waals surface area (Å²) in [6.07, 6.45) is 0. The summed E-state index contributed by atoms with van der Waals surface area (Å²) in [4.78, 5) is 10.5. The molecule has 4 nitrogen and oxygen atoms in total. The van der Waals surface area contributed by atoms with Gasteiger partial charge in [0, 0.05) is 6.54 Å². The van der Waals surface area contributed by atoms with Crippen molar-refractivity contribution in [3.8, 4) is 0 Å². The number of carbonyl (C=O) groups is 1. The zero-order valence-corrected chi connectivity index (χ0v) is 6.24. The minimum absolute atomic E-state index is 0.138. The number of carbonyl (C=O) groups excluding carboxylic acids is 1. The van der Waals surface area contributed by atoms with Gasteiger partial charge in [-0.25, -0.2) is 0 Å². The lowest BCUT2D eigenvalue weighted by Gasteiger charge is -2.12. The van der Waals surface area contributed by atoms with Crippen molar-refractivity contribution in [1.29, 1.82) is 0 Å². The minimum atomic E-state index is -0.138. The number of rotatable bonds is 2. The van der Waals surface area contributed by atoms with Gasteiger partial charge in [-0.2, -0.15) is 0 Å². The van der Waals surface area contributed by atoms with E-state index in [1.807, 2.05) is 0 Å². The summed E-state index contributed by atoms with van der Waals surface area (Å²) in [5.41, 5.74) is 0. The lowest BCUT2D eigenvalue weighted by Crippen LogP contribution is -2.22. The highest BCUT2D eigenvalue weighted by molar-refractivity contribution is 5.79. The van der Waals surface area contributed by atoms with E-state index in [0.29, 0.717) is 12.5 Å². The van der Waals surface area contributed by atoms with Crippen LogP contribution in [0.4, 0.5) is 0 Å². The van der Waals surface area contributed by atoms with Gasteiger partial charge in [0.2, 0.25) is 0 Å². The van der Waals surface area contributed by atoms with Crippen LogP contribution in [-0.4, -0.2) is 24.0 Å². The Labute approximate surface area is 59.9 Å². The zero-order chi connectivity index (χ0) is 7.56. The van der Waals surface area contributed by atoms with E-state index in [1.165, 1.54) is 0 Å². The molecule has 0 fully saturated rings. The fourth-order valence-corrected chi connectivity index (χ4v) is 0.855. The van der Waals surface area contributed by atoms with Gasteiger partial charge in [0.1, 0.15) is 6.54 Å². The molecule has 0 aromatic carbocycles. The number of hydrogen-bond donors (Lipinski definition) is 0. The van der Waals surface area contributed by atoms with Crippen LogP contribution in [0.15, 0.2) is 10.3 Å². The molecule has 0 aromatic heterocycles. The molecule has 0 radical (unpaired) electrons. The topological polar surface area (TPSA) is 45.0 Å². The molecule has 0 bridgehead atoms. The average Bonchev–Trinajstić information content (AvgIpc) is 2.13. The quantitative estimate of drug-likeness (QED) is 0.572. The van der Waals surface area contributed by atoms with Gasteiger partial charge in [-0.15, -0.1) is 0 Å². The van der Waals surface area contributed by atoms with Crippen molar-refractivity contribution in [3.63, 3.8) is 0 Å². The van der Waals surface area contributed by atoms with E-state index >= 15 is 0 Å². The van der Waals surface area contributed by atoms with E-state index in [9.17, 15) is 4.79 Å². The molecular formula is C6H11N3O. The molecule has 0 N–H and O–H groups in total. The van der Waals surface area contributed by atoms with Gasteiger partial charge in [0.25, 0.3) is 5.91 Å². The predicted molar refractivity (Wildman–Crippen MR) is 36.3 cm³/mol. The number of hydrogen-bond acceptors (Lipinski definition) is 3. The van der Waals surface area contributed by atoms with Gasteiger partial charge in [0.05, 0.1) is 0 Å². The summed E-state index contributed by atoms with van der Waals surface area (Å²) in [5.74, 6) is 0.394. The van der Waals surface area contributed by atoms with E-state index < -0.39 is 0 Å². The van der Waals surface area contributed by atoms with Gasteiger partial charge in [-0.1, -0.05) is 24.2 Å². The SMILES string of the molecule is CC(C)CN1CC(=O)N=N1. The van der Waals surface area contributed by atoms with Gasteiger partial charge < -0.3 is 0 Å². The fourth-order valence-electron chi connectivity index (χ4n) is 0.855. The van der Waals surface area contributed by atoms with E-state index in [2.05, 4.69) is 24.2 Å². The van der Waals surface area contributed by atoms with Crippen molar-refractivity contribution in [1.82, 2.24) is 5.01 Å². The maximum Gasteiger partial charge on any atom is 0.287 e. The second kappa shape index (κ2) is 2.77. The van der Waals surface area contributed by atoms with Crippen LogP contribution in [0, 0.1) is 5.92 Å². The van der Waals surface area contributed by atoms with Crippen molar-refractivity contribution in [2.45, 2.75) is 13.8 Å². The minimum Gasteiger partial charge on any atom is -0.269 e. The molecule has 56 valence electrons. The van der Waals surface area contributed by atoms with Gasteiger partial charge in [-0.05, 0) is 5.92 Å². The third kappa shape index (κ3) is 1.79. The Balaban J connectivity index is 2.33. The first-order valence-corrected chi connectivity index (χ1v) is 3.38. The van der Waals surface area contributed by atoms with Crippen molar-refractivity contribution in [3.05, 3.63) is 0 Å². The van der Waals surface area contributed by atoms with Crippen LogP contribution < -0.4 is 0 Å². The monoisotopic (exact) mass is 141 g/mol. The van der Waals surface area contributed by atoms with E-state index in [-0.39, 0.29) is 5.91 Å². The molecule has 4 heteroatoms. The number of nitrogens with zero attached hydrogens (tertiary/aromatic N) is 3. The van der Waals surface area contributed by atoms with E-state index in [4.69, 9.17) is 0 Å². The van der Waals surface area contributed by atoms with Gasteiger partial charge in [-0.3, -0.25) is 9.80 Å². The van der Waals surface area contributed by atoms with Gasteiger partial charge in [0.15, 0.2) is 0 Å². The maximum absolute atomic E-state index is 10.5. The summed E-state index contributed by atoms with van der Waals surface area (Å²) in [7, 11) is 0. The summed E-state index contributed by atoms with van der Waals surface area (Å²) in [6, 6.07) is 0. The lowest BCUT2D eigenvalue weighted by atomic mass is 10.2. The fraction of sp³-hybridized carbons (Fsp3) is 0.833. The molecule has 0 spiro atoms. The largest absolute Gasteiger partial charge is 0.287 e. The average molecular weight is 141 g/mol. The highest BCUT2D eigenvalue weighted by atomic mass is 16.2. The summed E-state index contributed by atoms with van der Waals surface area (Å²) < 4.78 is 0. The molecule has 1 amide bonds. The third-order valence-corrected chi connectivity index (χ3v) is 1.18. The normalized spacial score (nSPS) is 17.5. The predicted octanol–water partition coefficient (Wildman–Crippen LogP) is 0.852. The van der Waals surface area contributed by atoms with Crippen LogP contribution in [0.25, 0.3) is 0 Å². The summed E-state index contributed by atoms with van der Waals surface area (Å²) in [6.45, 7) is 5.34. The standard InChI is InChI=1S/C6H11N3O/c1-5(2)3-9-4-6(10)7-8-9/h5H,3-4H2,1-2H3. The molecule has 0 aliphatic carbocycles. The first-order valence-electron chi connectivity index (χ1n) is 3.38. The summed E-state index contributed by atoms with van der Waals surface area (Å²) >= 11 is 0. The van der Waals surface area contributed by atoms with Crippen LogP contribution in [0.3, 0.4) is 0 Å². The molecule has 0 atom stereocenters. The molecule has 1 heterocycles. The van der Waals surface area contributed by atoms with Crippen molar-refractivity contribution >= 4 is 5.91 Å². The highest BCUT2D eigenvalue weighted by Crippen LogP contribution is 2.04. The Morgan fingerprint density at radius 3 is 2.80 bits per heavy atom.